The summed E-state index contributed by atoms with van der Waals surface area (Å²) in [6.07, 6.45) is 2.19. The minimum absolute atomic E-state index is 0.217. The molecule has 0 bridgehead atoms. The number of pyridine rings is 1. The van der Waals surface area contributed by atoms with Crippen molar-refractivity contribution < 1.29 is 9.30 Å². The maximum absolute atomic E-state index is 7.01. The van der Waals surface area contributed by atoms with Crippen LogP contribution in [0.2, 0.25) is 0 Å². The van der Waals surface area contributed by atoms with Crippen LogP contribution in [0.3, 0.4) is 0 Å². The first-order valence-electron chi connectivity index (χ1n) is 15.6. The van der Waals surface area contributed by atoms with Crippen molar-refractivity contribution in [2.24, 2.45) is 7.05 Å². The number of aromatic nitrogens is 4. The Morgan fingerprint density at radius 3 is 2.05 bits per heavy atom. The van der Waals surface area contributed by atoms with Crippen molar-refractivity contribution in [3.63, 3.8) is 0 Å². The van der Waals surface area contributed by atoms with Crippen molar-refractivity contribution in [2.75, 3.05) is 0 Å². The van der Waals surface area contributed by atoms with Crippen molar-refractivity contribution in [3.8, 4) is 34.1 Å². The normalized spacial score (nSPS) is 13.2. The fourth-order valence-electron chi connectivity index (χ4n) is 6.73. The Kier molecular flexibility index (Phi) is 6.17. The summed E-state index contributed by atoms with van der Waals surface area (Å²) in [6.45, 7) is 19.7. The highest BCUT2D eigenvalue weighted by Gasteiger charge is 2.35. The molecule has 0 unspecified atom stereocenters. The summed E-state index contributed by atoms with van der Waals surface area (Å²) in [5.74, 6) is 4.49. The van der Waals surface area contributed by atoms with Gasteiger partial charge in [-0.15, -0.1) is 0 Å². The van der Waals surface area contributed by atoms with Crippen LogP contribution in [0, 0.1) is 6.92 Å². The van der Waals surface area contributed by atoms with Crippen LogP contribution in [-0.4, -0.2) is 15.0 Å². The molecule has 0 saturated carbocycles. The van der Waals surface area contributed by atoms with Gasteiger partial charge in [-0.05, 0) is 40.6 Å². The maximum atomic E-state index is 7.01. The third kappa shape index (κ3) is 4.20. The molecule has 0 fully saturated rings. The predicted octanol–water partition coefficient (Wildman–Crippen LogP) is 9.62. The molecule has 7 rings (SSSR count). The second-order valence-corrected chi connectivity index (χ2v) is 14.7. The minimum atomic E-state index is -0.217. The van der Waals surface area contributed by atoms with Gasteiger partial charge >= 0.3 is 0 Å². The molecule has 5 heteroatoms. The lowest BCUT2D eigenvalue weighted by Gasteiger charge is -2.27. The van der Waals surface area contributed by atoms with Gasteiger partial charge in [0.25, 0.3) is 0 Å². The van der Waals surface area contributed by atoms with Gasteiger partial charge in [0, 0.05) is 38.8 Å². The van der Waals surface area contributed by atoms with E-state index in [1.54, 1.807) is 0 Å². The fraction of sp³-hybridized carbons (Fsp3) is 0.333. The average molecular weight is 582 g/mol. The third-order valence-electron chi connectivity index (χ3n) is 8.93. The van der Waals surface area contributed by atoms with Gasteiger partial charge in [0.05, 0.1) is 10.9 Å². The Labute approximate surface area is 260 Å². The van der Waals surface area contributed by atoms with E-state index in [1.807, 2.05) is 0 Å². The smallest absolute Gasteiger partial charge is 0.228 e. The summed E-state index contributed by atoms with van der Waals surface area (Å²) in [5.41, 5.74) is 5.43. The molecule has 4 aromatic carbocycles. The number of hydrogen-bond donors (Lipinski definition) is 0. The lowest BCUT2D eigenvalue weighted by molar-refractivity contribution is -0.659. The lowest BCUT2D eigenvalue weighted by atomic mass is 9.84. The average Bonchev–Trinajstić information content (AvgIpc) is 2.96. The number of hydrogen-bond acceptors (Lipinski definition) is 4. The van der Waals surface area contributed by atoms with Crippen molar-refractivity contribution in [3.05, 3.63) is 83.6 Å². The molecule has 0 atom stereocenters. The zero-order valence-corrected chi connectivity index (χ0v) is 27.5. The molecule has 0 aliphatic carbocycles. The van der Waals surface area contributed by atoms with E-state index in [0.717, 1.165) is 50.3 Å². The Morgan fingerprint density at radius 2 is 1.41 bits per heavy atom. The largest absolute Gasteiger partial charge is 0.455 e. The molecular weight excluding hydrogens is 540 g/mol. The van der Waals surface area contributed by atoms with E-state index in [1.165, 1.54) is 33.2 Å². The SMILES string of the molecule is Cc1c2c(c(C(C)C)c3ccccc13)Oc1cc3cccc(-c4nc(C(C)(C)C)nc(C(C)(C)C)n4)c3c3cc[n+](C)c-2c13. The summed E-state index contributed by atoms with van der Waals surface area (Å²) in [4.78, 5) is 15.1. The Hall–Kier alpha value is -4.38. The summed E-state index contributed by atoms with van der Waals surface area (Å²) < 4.78 is 9.27. The Morgan fingerprint density at radius 1 is 0.750 bits per heavy atom. The zero-order valence-electron chi connectivity index (χ0n) is 27.5. The molecule has 0 amide bonds. The zero-order chi connectivity index (χ0) is 31.3. The molecule has 222 valence electrons. The number of aryl methyl sites for hydroxylation is 2. The lowest BCUT2D eigenvalue weighted by Crippen LogP contribution is -2.32. The van der Waals surface area contributed by atoms with Crippen LogP contribution in [0.1, 0.15) is 84.1 Å². The van der Waals surface area contributed by atoms with E-state index >= 15 is 0 Å². The van der Waals surface area contributed by atoms with E-state index in [2.05, 4.69) is 135 Å². The first kappa shape index (κ1) is 28.4. The van der Waals surface area contributed by atoms with Crippen LogP contribution >= 0.6 is 0 Å². The van der Waals surface area contributed by atoms with E-state index in [4.69, 9.17) is 19.7 Å². The van der Waals surface area contributed by atoms with Gasteiger partial charge in [0.2, 0.25) is 5.69 Å². The highest BCUT2D eigenvalue weighted by Crippen LogP contribution is 2.53. The molecular formula is C39H41N4O+. The molecule has 0 spiro atoms. The maximum Gasteiger partial charge on any atom is 0.228 e. The van der Waals surface area contributed by atoms with Crippen LogP contribution < -0.4 is 9.30 Å². The monoisotopic (exact) mass is 581 g/mol. The van der Waals surface area contributed by atoms with Crippen LogP contribution in [0.5, 0.6) is 11.5 Å². The fourth-order valence-corrected chi connectivity index (χ4v) is 6.73. The van der Waals surface area contributed by atoms with E-state index in [9.17, 15) is 0 Å². The highest BCUT2D eigenvalue weighted by atomic mass is 16.5. The van der Waals surface area contributed by atoms with Gasteiger partial charge in [0.15, 0.2) is 12.0 Å². The van der Waals surface area contributed by atoms with Crippen LogP contribution in [0.25, 0.3) is 55.0 Å². The van der Waals surface area contributed by atoms with Gasteiger partial charge in [-0.25, -0.2) is 19.5 Å². The molecule has 6 aromatic rings. The van der Waals surface area contributed by atoms with Gasteiger partial charge in [-0.3, -0.25) is 0 Å². The Bertz CT molecular complexity index is 2130. The second kappa shape index (κ2) is 9.56. The number of benzene rings is 4. The Balaban J connectivity index is 1.61. The van der Waals surface area contributed by atoms with Crippen LogP contribution in [0.15, 0.2) is 60.8 Å². The molecule has 0 radical (unpaired) electrons. The standard InChI is InChI=1S/C39H41N4O/c1-21(2)29-25-16-12-11-15-24(25)22(3)30-33-32-26(18-19-43(33)10)31-23(20-28(32)44-34(29)30)14-13-17-27(31)35-40-36(38(4,5)6)42-37(41-35)39(7,8)9/h11-21H,1-10H3/q+1. The molecule has 44 heavy (non-hydrogen) atoms. The number of ether oxygens (including phenoxy) is 1. The summed E-state index contributed by atoms with van der Waals surface area (Å²) in [5, 5.41) is 7.03. The van der Waals surface area contributed by atoms with Gasteiger partial charge in [0.1, 0.15) is 30.2 Å². The third-order valence-corrected chi connectivity index (χ3v) is 8.93. The molecule has 1 aliphatic rings. The van der Waals surface area contributed by atoms with Gasteiger partial charge in [-0.2, -0.15) is 0 Å². The molecule has 2 aromatic heterocycles. The van der Waals surface area contributed by atoms with Crippen molar-refractivity contribution in [1.82, 2.24) is 15.0 Å². The number of rotatable bonds is 2. The van der Waals surface area contributed by atoms with E-state index < -0.39 is 0 Å². The van der Waals surface area contributed by atoms with Crippen molar-refractivity contribution in [2.45, 2.75) is 79.1 Å². The summed E-state index contributed by atoms with van der Waals surface area (Å²) in [6, 6.07) is 19.6. The van der Waals surface area contributed by atoms with Crippen LogP contribution in [0.4, 0.5) is 0 Å². The molecule has 0 saturated heterocycles. The highest BCUT2D eigenvalue weighted by molar-refractivity contribution is 6.20. The number of nitrogens with zero attached hydrogens (tertiary/aromatic N) is 4. The first-order chi connectivity index (χ1) is 20.8. The molecule has 3 heterocycles. The van der Waals surface area contributed by atoms with Gasteiger partial charge < -0.3 is 4.74 Å². The minimum Gasteiger partial charge on any atom is -0.455 e. The van der Waals surface area contributed by atoms with Crippen molar-refractivity contribution in [1.29, 1.82) is 0 Å². The first-order valence-corrected chi connectivity index (χ1v) is 15.6. The molecule has 1 aliphatic heterocycles. The van der Waals surface area contributed by atoms with Crippen molar-refractivity contribution >= 4 is 32.3 Å². The molecule has 5 nitrogen and oxygen atoms in total. The van der Waals surface area contributed by atoms with Gasteiger partial charge in [-0.1, -0.05) is 97.9 Å². The number of fused-ring (bicyclic) bond motifs is 5. The summed E-state index contributed by atoms with van der Waals surface area (Å²) >= 11 is 0. The van der Waals surface area contributed by atoms with E-state index in [0.29, 0.717) is 11.7 Å². The molecule has 0 N–H and O–H groups in total. The van der Waals surface area contributed by atoms with E-state index in [-0.39, 0.29) is 10.8 Å². The summed E-state index contributed by atoms with van der Waals surface area (Å²) in [7, 11) is 2.14. The topological polar surface area (TPSA) is 51.8 Å². The quantitative estimate of drug-likeness (QED) is 0.151. The van der Waals surface area contributed by atoms with Crippen LogP contribution in [-0.2, 0) is 17.9 Å². The predicted molar refractivity (Wildman–Crippen MR) is 181 cm³/mol. The second-order valence-electron chi connectivity index (χ2n) is 14.7.